The lowest BCUT2D eigenvalue weighted by Crippen LogP contribution is -2.71. The fourth-order valence-electron chi connectivity index (χ4n) is 19.0. The molecule has 12 heterocycles. The van der Waals surface area contributed by atoms with Crippen molar-refractivity contribution >= 4 is 23.6 Å². The molecular formula is C82H138N4O59. The van der Waals surface area contributed by atoms with Crippen molar-refractivity contribution in [3.63, 3.8) is 0 Å². The number of ether oxygens (including phenoxy) is 26. The van der Waals surface area contributed by atoms with Crippen LogP contribution < -0.4 is 21.3 Å². The summed E-state index contributed by atoms with van der Waals surface area (Å²) in [6.07, 6.45) is -112. The van der Waals surface area contributed by atoms with Crippen LogP contribution in [0.4, 0.5) is 0 Å². The summed E-state index contributed by atoms with van der Waals surface area (Å²) in [6.45, 7) is -6.40. The molecule has 0 aromatic heterocycles. The first-order valence-electron chi connectivity index (χ1n) is 46.6. The third-order valence-corrected chi connectivity index (χ3v) is 26.9. The largest absolute Gasteiger partial charge is 0.394 e. The van der Waals surface area contributed by atoms with E-state index in [1.165, 1.54) is 6.92 Å². The molecule has 12 saturated heterocycles. The van der Waals surface area contributed by atoms with Gasteiger partial charge < -0.3 is 293 Å². The van der Waals surface area contributed by atoms with E-state index in [2.05, 4.69) is 21.3 Å². The second kappa shape index (κ2) is 52.7. The van der Waals surface area contributed by atoms with Gasteiger partial charge in [0.25, 0.3) is 0 Å². The summed E-state index contributed by atoms with van der Waals surface area (Å²) in [5.74, 6) is -3.91. The number of aliphatic hydroxyl groups excluding tert-OH is 29. The molecule has 63 heteroatoms. The first-order valence-corrected chi connectivity index (χ1v) is 46.6. The quantitative estimate of drug-likeness (QED) is 0.0272. The van der Waals surface area contributed by atoms with Crippen LogP contribution in [0.5, 0.6) is 0 Å². The Hall–Kier alpha value is -4.32. The van der Waals surface area contributed by atoms with E-state index in [1.807, 2.05) is 0 Å². The topological polar surface area (TPSA) is 943 Å². The Labute approximate surface area is 823 Å². The highest BCUT2D eigenvalue weighted by molar-refractivity contribution is 5.74. The number of carbonyl (C=O) groups excluding carboxylic acids is 4. The Morgan fingerprint density at radius 3 is 1.01 bits per heavy atom. The third kappa shape index (κ3) is 26.7. The Morgan fingerprint density at radius 2 is 0.531 bits per heavy atom. The Bertz CT molecular complexity index is 3980. The molecule has 0 aromatic rings. The SMILES string of the molecule is CO[C@H]1[C@@H](O)[C@@H](CO)O[C@@H](OC[C@H]2O[C@@H](O[C@H]3[C@@H](O)[C@@H](CO[C@@H]4O[C@H](CO)[C@H](O)[C@H](OC)[C@H]4O)O[C@@H](O[C@H]4[C@H](O)[C@@H](NC(C)=O)[C@H](O[C@@H]5[C@@H](OC[C@H]6O[C@@H](O[C@H]7[C@H](O)[C@@H](NC(C)=O)[C@H](O[C@H]8[C@H](O)[C@@H](NC(C)=O)[C@H](O)O[C@@H]8CO[C@@H]8O[C@@H](C)[C@@H](O)[C@@H](O)[C@@H]8O)O[C@@H]7CO)[C@@H](O[C@@H]7OC[C@@H](O)[C@H](O)[C@H]7O)[C@@H](O[C@H]7O[C@H](CO)[C@@H](O)[C@H](O)[C@@H]7O)[C@@H]6O)O[C@H](CO)[C@@H](O)[C@@H]5O)O[C@@H]4CO)[C@@H]3NC(C)=O)[C@H](O)[C@@H](OC)[C@H]2O)[C@@H]1O. The predicted molar refractivity (Wildman–Crippen MR) is 448 cm³/mol. The molecule has 0 bridgehead atoms. The molecule has 0 aromatic carbocycles. The van der Waals surface area contributed by atoms with Gasteiger partial charge in [0.15, 0.2) is 75.5 Å². The van der Waals surface area contributed by atoms with Crippen LogP contribution in [0.1, 0.15) is 34.6 Å². The zero-order chi connectivity index (χ0) is 106. The van der Waals surface area contributed by atoms with Crippen molar-refractivity contribution in [1.82, 2.24) is 21.3 Å². The van der Waals surface area contributed by atoms with Crippen LogP contribution in [0.15, 0.2) is 0 Å². The smallest absolute Gasteiger partial charge is 0.217 e. The highest BCUT2D eigenvalue weighted by atomic mass is 16.8. The van der Waals surface area contributed by atoms with Crippen LogP contribution >= 0.6 is 0 Å². The molecule has 0 aliphatic carbocycles. The van der Waals surface area contributed by atoms with Gasteiger partial charge in [-0.25, -0.2) is 0 Å². The van der Waals surface area contributed by atoms with Crippen LogP contribution in [0.2, 0.25) is 0 Å². The van der Waals surface area contributed by atoms with Crippen LogP contribution in [0.3, 0.4) is 0 Å². The molecule has 12 aliphatic rings. The number of aliphatic hydroxyl groups is 29. The molecule has 0 radical (unpaired) electrons. The molecule has 12 rings (SSSR count). The normalized spacial score (nSPS) is 49.6. The first kappa shape index (κ1) is 119. The second-order valence-electron chi connectivity index (χ2n) is 36.9. The number of nitrogens with one attached hydrogen (secondary N) is 4. The molecule has 33 N–H and O–H groups in total. The van der Waals surface area contributed by atoms with Crippen LogP contribution in [0.25, 0.3) is 0 Å². The number of carbonyl (C=O) groups is 4. The maximum absolute atomic E-state index is 13.6. The van der Waals surface area contributed by atoms with E-state index in [0.29, 0.717) is 0 Å². The predicted octanol–water partition coefficient (Wildman–Crippen LogP) is -23.0. The summed E-state index contributed by atoms with van der Waals surface area (Å²) < 4.78 is 156. The molecule has 840 valence electrons. The summed E-state index contributed by atoms with van der Waals surface area (Å²) in [5, 5.41) is 339. The van der Waals surface area contributed by atoms with E-state index in [9.17, 15) is 167 Å². The lowest BCUT2D eigenvalue weighted by atomic mass is 9.93. The van der Waals surface area contributed by atoms with Gasteiger partial charge >= 0.3 is 0 Å². The van der Waals surface area contributed by atoms with Gasteiger partial charge in [-0.1, -0.05) is 0 Å². The molecule has 12 fully saturated rings. The average molecular weight is 2120 g/mol. The van der Waals surface area contributed by atoms with E-state index in [1.54, 1.807) is 0 Å². The monoisotopic (exact) mass is 2120 g/mol. The maximum Gasteiger partial charge on any atom is 0.217 e. The van der Waals surface area contributed by atoms with Crippen molar-refractivity contribution in [2.45, 2.75) is 397 Å². The van der Waals surface area contributed by atoms with Crippen molar-refractivity contribution in [2.75, 3.05) is 94.0 Å². The first-order chi connectivity index (χ1) is 68.7. The minimum absolute atomic E-state index is 0.805. The van der Waals surface area contributed by atoms with Gasteiger partial charge in [-0.15, -0.1) is 0 Å². The fraction of sp³-hybridized carbons (Fsp3) is 0.951. The van der Waals surface area contributed by atoms with Crippen LogP contribution in [0, 0.1) is 0 Å². The minimum Gasteiger partial charge on any atom is -0.394 e. The highest BCUT2D eigenvalue weighted by Gasteiger charge is 2.63. The van der Waals surface area contributed by atoms with Crippen molar-refractivity contribution in [3.05, 3.63) is 0 Å². The number of rotatable bonds is 39. The van der Waals surface area contributed by atoms with E-state index >= 15 is 0 Å². The van der Waals surface area contributed by atoms with Gasteiger partial charge in [-0.05, 0) is 6.92 Å². The van der Waals surface area contributed by atoms with E-state index < -0.39 is 458 Å². The van der Waals surface area contributed by atoms with Crippen molar-refractivity contribution in [1.29, 1.82) is 0 Å². The Balaban J connectivity index is 0.858. The number of hydrogen-bond donors (Lipinski definition) is 33. The second-order valence-corrected chi connectivity index (χ2v) is 36.9. The molecule has 0 saturated carbocycles. The standard InChI is InChI=1S/C82H138N4O59/c1-20-40(98)52(110)56(114)75(128-20)126-19-35-63(49(107)36(71(119)129-35)83-21(2)93)140-72-37(84-22(3)94)51(109)62(31(14-92)134-72)141-82-70(145-76-55(113)41(99)25(97)15-123-76)68(143-79-57(115)53(111)42(100)26(9-87)132-79)48(106)34(138-82)18-127-81-69(54(112)43(101)27(10-88)133-81)144-73-38(85-23(4)95)50(108)61(30(13-91)135-73)139-74-39(86-24(5)96)64(46(104)32(136-74)16-124-77-58(116)65(120-6)44(102)28(11-89)130-77)142-80-60(118)67(122-8)47(105)33(137-80)17-125-78-59(117)66(121-7)45(103)29(12-90)131-78/h20,25-82,87-92,97-119H,9-19H2,1-8H3,(H,83,93)(H,84,94)(H,85,95)(H,86,96)/t20-,25+,26+,27+,28+,29+,30+,31+,32+,33+,34+,35+,36+,37+,38+,39+,40+,41-,42+,43+,44-,45-,46-,47-,48+,49+,50+,51+,52+,53-,54-,55+,56-,57-,58+,59+,60+,61+,62+,63+,64+,65-,66-,67-,68-,69-,70-,71+,72-,73-,74-,75+,76-,77+,78+,79+,80-,81-,82-/m0/s1. The molecule has 4 amide bonds. The van der Waals surface area contributed by atoms with Crippen molar-refractivity contribution in [3.8, 4) is 0 Å². The van der Waals surface area contributed by atoms with Crippen molar-refractivity contribution in [2.24, 2.45) is 0 Å². The van der Waals surface area contributed by atoms with Gasteiger partial charge in [-0.3, -0.25) is 19.2 Å². The lowest BCUT2D eigenvalue weighted by molar-refractivity contribution is -0.405. The minimum atomic E-state index is -2.53. The summed E-state index contributed by atoms with van der Waals surface area (Å²) in [4.78, 5) is 53.2. The molecular weight excluding hydrogens is 1980 g/mol. The van der Waals surface area contributed by atoms with E-state index in [-0.39, 0.29) is 0 Å². The highest BCUT2D eigenvalue weighted by Crippen LogP contribution is 2.43. The number of amides is 4. The van der Waals surface area contributed by atoms with Crippen LogP contribution in [-0.2, 0) is 142 Å². The Morgan fingerprint density at radius 1 is 0.234 bits per heavy atom. The van der Waals surface area contributed by atoms with Gasteiger partial charge in [-0.2, -0.15) is 0 Å². The molecule has 12 aliphatic heterocycles. The van der Waals surface area contributed by atoms with E-state index in [0.717, 1.165) is 49.0 Å². The molecule has 59 atom stereocenters. The zero-order valence-electron chi connectivity index (χ0n) is 79.1. The summed E-state index contributed by atoms with van der Waals surface area (Å²) in [7, 11) is 3.26. The lowest BCUT2D eigenvalue weighted by Gasteiger charge is -2.52. The van der Waals surface area contributed by atoms with Crippen LogP contribution in [-0.4, -0.2) is 628 Å². The molecule has 0 unspecified atom stereocenters. The van der Waals surface area contributed by atoms with Gasteiger partial charge in [0.05, 0.1) is 78.8 Å². The van der Waals surface area contributed by atoms with E-state index in [4.69, 9.17) is 123 Å². The maximum atomic E-state index is 13.6. The molecule has 63 nitrogen and oxygen atoms in total. The van der Waals surface area contributed by atoms with Crippen molar-refractivity contribution < 1.29 is 290 Å². The number of methoxy groups -OCH3 is 3. The summed E-state index contributed by atoms with van der Waals surface area (Å²) in [5.41, 5.74) is 0. The van der Waals surface area contributed by atoms with Gasteiger partial charge in [0, 0.05) is 49.0 Å². The molecule has 145 heavy (non-hydrogen) atoms. The van der Waals surface area contributed by atoms with Gasteiger partial charge in [0.2, 0.25) is 23.6 Å². The molecule has 0 spiro atoms. The Kier molecular flexibility index (Phi) is 43.4. The third-order valence-electron chi connectivity index (χ3n) is 26.9. The number of hydrogen-bond acceptors (Lipinski definition) is 59. The average Bonchev–Trinajstić information content (AvgIpc) is 0.756. The summed E-state index contributed by atoms with van der Waals surface area (Å²) >= 11 is 0. The fourth-order valence-corrected chi connectivity index (χ4v) is 19.0. The zero-order valence-corrected chi connectivity index (χ0v) is 79.1. The van der Waals surface area contributed by atoms with Gasteiger partial charge in [0.1, 0.15) is 281 Å². The summed E-state index contributed by atoms with van der Waals surface area (Å²) in [6, 6.07) is -7.98.